The fourth-order valence-corrected chi connectivity index (χ4v) is 2.69. The van der Waals surface area contributed by atoms with Gasteiger partial charge in [0.2, 0.25) is 5.95 Å². The molecule has 1 saturated heterocycles. The Morgan fingerprint density at radius 2 is 2.33 bits per heavy atom. The molecule has 3 N–H and O–H groups in total. The summed E-state index contributed by atoms with van der Waals surface area (Å²) >= 11 is 0. The zero-order valence-corrected chi connectivity index (χ0v) is 11.1. The normalized spacial score (nSPS) is 20.6. The average molecular weight is 249 g/mol. The Morgan fingerprint density at radius 1 is 1.44 bits per heavy atom. The van der Waals surface area contributed by atoms with E-state index in [4.69, 9.17) is 5.84 Å². The van der Waals surface area contributed by atoms with Crippen LogP contribution in [0.4, 0.5) is 11.8 Å². The quantitative estimate of drug-likeness (QED) is 0.632. The van der Waals surface area contributed by atoms with Crippen LogP contribution in [0.3, 0.4) is 0 Å². The molecule has 5 heteroatoms. The fraction of sp³-hybridized carbons (Fsp3) is 0.692. The van der Waals surface area contributed by atoms with Gasteiger partial charge in [0, 0.05) is 19.3 Å². The van der Waals surface area contributed by atoms with Gasteiger partial charge < -0.3 is 4.90 Å². The van der Waals surface area contributed by atoms with Crippen molar-refractivity contribution in [3.05, 3.63) is 12.3 Å². The minimum absolute atomic E-state index is 0.488. The van der Waals surface area contributed by atoms with Gasteiger partial charge in [0.25, 0.3) is 0 Å². The number of anilines is 2. The van der Waals surface area contributed by atoms with Gasteiger partial charge >= 0.3 is 0 Å². The van der Waals surface area contributed by atoms with Crippen molar-refractivity contribution in [3.8, 4) is 0 Å². The van der Waals surface area contributed by atoms with E-state index in [0.717, 1.165) is 24.8 Å². The van der Waals surface area contributed by atoms with E-state index in [0.29, 0.717) is 5.95 Å². The molecule has 0 saturated carbocycles. The lowest BCUT2D eigenvalue weighted by molar-refractivity contribution is 0.435. The molecule has 1 unspecified atom stereocenters. The van der Waals surface area contributed by atoms with Crippen molar-refractivity contribution in [2.45, 2.75) is 39.0 Å². The second-order valence-corrected chi connectivity index (χ2v) is 4.96. The van der Waals surface area contributed by atoms with Crippen LogP contribution in [0.1, 0.15) is 39.0 Å². The van der Waals surface area contributed by atoms with E-state index in [1.807, 2.05) is 6.07 Å². The molecule has 0 aromatic carbocycles. The number of hydrogen-bond donors (Lipinski definition) is 2. The van der Waals surface area contributed by atoms with Gasteiger partial charge in [-0.1, -0.05) is 19.8 Å². The lowest BCUT2D eigenvalue weighted by Crippen LogP contribution is -2.26. The van der Waals surface area contributed by atoms with Gasteiger partial charge in [-0.25, -0.2) is 10.8 Å². The summed E-state index contributed by atoms with van der Waals surface area (Å²) in [5.74, 6) is 7.70. The summed E-state index contributed by atoms with van der Waals surface area (Å²) in [6, 6.07) is 1.96. The molecule has 0 aliphatic carbocycles. The van der Waals surface area contributed by atoms with Crippen molar-refractivity contribution in [2.75, 3.05) is 23.4 Å². The zero-order valence-electron chi connectivity index (χ0n) is 11.1. The second-order valence-electron chi connectivity index (χ2n) is 4.96. The number of hydrazine groups is 1. The molecular formula is C13H23N5. The van der Waals surface area contributed by atoms with Crippen molar-refractivity contribution in [1.29, 1.82) is 0 Å². The van der Waals surface area contributed by atoms with Crippen molar-refractivity contribution < 1.29 is 0 Å². The first-order chi connectivity index (χ1) is 8.83. The molecule has 1 aromatic rings. The highest BCUT2D eigenvalue weighted by Gasteiger charge is 2.17. The monoisotopic (exact) mass is 249 g/mol. The summed E-state index contributed by atoms with van der Waals surface area (Å²) in [5, 5.41) is 0. The Morgan fingerprint density at radius 3 is 3.11 bits per heavy atom. The summed E-state index contributed by atoms with van der Waals surface area (Å²) in [7, 11) is 0. The number of aromatic nitrogens is 2. The van der Waals surface area contributed by atoms with Crippen LogP contribution < -0.4 is 16.2 Å². The van der Waals surface area contributed by atoms with Crippen LogP contribution in [0.15, 0.2) is 12.3 Å². The summed E-state index contributed by atoms with van der Waals surface area (Å²) < 4.78 is 0. The number of nitrogens with zero attached hydrogens (tertiary/aromatic N) is 3. The Balaban J connectivity index is 2.00. The predicted molar refractivity (Wildman–Crippen MR) is 74.3 cm³/mol. The fourth-order valence-electron chi connectivity index (χ4n) is 2.69. The van der Waals surface area contributed by atoms with Crippen molar-refractivity contribution in [3.63, 3.8) is 0 Å². The second kappa shape index (κ2) is 6.54. The maximum Gasteiger partial charge on any atom is 0.239 e. The van der Waals surface area contributed by atoms with E-state index in [2.05, 4.69) is 27.2 Å². The largest absolute Gasteiger partial charge is 0.356 e. The summed E-state index contributed by atoms with van der Waals surface area (Å²) in [6.45, 7) is 4.44. The van der Waals surface area contributed by atoms with Crippen molar-refractivity contribution >= 4 is 11.8 Å². The number of hydrogen-bond acceptors (Lipinski definition) is 5. The van der Waals surface area contributed by atoms with Gasteiger partial charge in [-0.2, -0.15) is 4.98 Å². The van der Waals surface area contributed by atoms with E-state index < -0.39 is 0 Å². The molecule has 18 heavy (non-hydrogen) atoms. The molecular weight excluding hydrogens is 226 g/mol. The van der Waals surface area contributed by atoms with E-state index in [-0.39, 0.29) is 0 Å². The third-order valence-electron chi connectivity index (χ3n) is 3.64. The summed E-state index contributed by atoms with van der Waals surface area (Å²) in [4.78, 5) is 10.8. The van der Waals surface area contributed by atoms with Crippen LogP contribution in [-0.4, -0.2) is 23.1 Å². The summed E-state index contributed by atoms with van der Waals surface area (Å²) in [5.41, 5.74) is 2.50. The molecule has 100 valence electrons. The lowest BCUT2D eigenvalue weighted by atomic mass is 9.96. The smallest absolute Gasteiger partial charge is 0.239 e. The van der Waals surface area contributed by atoms with Crippen molar-refractivity contribution in [2.24, 2.45) is 11.8 Å². The van der Waals surface area contributed by atoms with Crippen LogP contribution in [0.25, 0.3) is 0 Å². The lowest BCUT2D eigenvalue weighted by Gasteiger charge is -2.21. The molecule has 0 bridgehead atoms. The molecule has 0 radical (unpaired) electrons. The standard InChI is InChI=1S/C13H23N5/c1-2-4-11-5-3-9-18(10-7-11)12-6-8-15-13(16-12)17-14/h6,8,11H,2-5,7,9-10,14H2,1H3,(H,15,16,17). The highest BCUT2D eigenvalue weighted by molar-refractivity contribution is 5.42. The zero-order chi connectivity index (χ0) is 12.8. The number of nitrogens with two attached hydrogens (primary N) is 1. The van der Waals surface area contributed by atoms with Crippen LogP contribution >= 0.6 is 0 Å². The van der Waals surface area contributed by atoms with E-state index in [1.54, 1.807) is 6.20 Å². The van der Waals surface area contributed by atoms with Gasteiger partial charge in [0.05, 0.1) is 0 Å². The van der Waals surface area contributed by atoms with Crippen LogP contribution in [0, 0.1) is 5.92 Å². The third-order valence-corrected chi connectivity index (χ3v) is 3.64. The van der Waals surface area contributed by atoms with Gasteiger partial charge in [0.1, 0.15) is 5.82 Å². The van der Waals surface area contributed by atoms with Gasteiger partial charge in [-0.05, 0) is 31.2 Å². The summed E-state index contributed by atoms with van der Waals surface area (Å²) in [6.07, 6.45) is 8.26. The van der Waals surface area contributed by atoms with E-state index in [1.165, 1.54) is 32.1 Å². The van der Waals surface area contributed by atoms with Crippen molar-refractivity contribution in [1.82, 2.24) is 9.97 Å². The third kappa shape index (κ3) is 3.32. The molecule has 0 spiro atoms. The number of rotatable bonds is 4. The SMILES string of the molecule is CCCC1CCCN(c2ccnc(NN)n2)CC1. The molecule has 1 atom stereocenters. The van der Waals surface area contributed by atoms with E-state index >= 15 is 0 Å². The minimum atomic E-state index is 0.488. The van der Waals surface area contributed by atoms with Crippen LogP contribution in [-0.2, 0) is 0 Å². The molecule has 0 amide bonds. The number of nitrogen functional groups attached to an aromatic ring is 1. The molecule has 2 rings (SSSR count). The highest BCUT2D eigenvalue weighted by atomic mass is 15.3. The number of nitrogens with one attached hydrogen (secondary N) is 1. The Kier molecular flexibility index (Phi) is 4.75. The molecule has 1 aromatic heterocycles. The minimum Gasteiger partial charge on any atom is -0.356 e. The first-order valence-electron chi connectivity index (χ1n) is 6.88. The molecule has 1 fully saturated rings. The molecule has 2 heterocycles. The molecule has 1 aliphatic heterocycles. The van der Waals surface area contributed by atoms with Gasteiger partial charge in [-0.15, -0.1) is 0 Å². The average Bonchev–Trinajstić information content (AvgIpc) is 2.65. The van der Waals surface area contributed by atoms with Crippen LogP contribution in [0.5, 0.6) is 0 Å². The topological polar surface area (TPSA) is 67.1 Å². The first-order valence-corrected chi connectivity index (χ1v) is 6.88. The first kappa shape index (κ1) is 13.1. The van der Waals surface area contributed by atoms with Crippen LogP contribution in [0.2, 0.25) is 0 Å². The molecule has 1 aliphatic rings. The Hall–Kier alpha value is -1.36. The van der Waals surface area contributed by atoms with Gasteiger partial charge in [0.15, 0.2) is 0 Å². The predicted octanol–water partition coefficient (Wildman–Crippen LogP) is 2.17. The maximum atomic E-state index is 5.35. The molecule has 5 nitrogen and oxygen atoms in total. The Labute approximate surface area is 109 Å². The van der Waals surface area contributed by atoms with Gasteiger partial charge in [-0.3, -0.25) is 5.43 Å². The van der Waals surface area contributed by atoms with E-state index in [9.17, 15) is 0 Å². The Bertz CT molecular complexity index is 368. The maximum absolute atomic E-state index is 5.35. The highest BCUT2D eigenvalue weighted by Crippen LogP contribution is 2.24.